The van der Waals surface area contributed by atoms with Crippen LogP contribution >= 0.6 is 15.9 Å². The lowest BCUT2D eigenvalue weighted by molar-refractivity contribution is 0.418. The fraction of sp³-hybridized carbons (Fsp3) is 0.0714. The summed E-state index contributed by atoms with van der Waals surface area (Å²) in [5.41, 5.74) is 2.05. The molecule has 0 spiro atoms. The number of pyridine rings is 1. The summed E-state index contributed by atoms with van der Waals surface area (Å²) in [6.07, 6.45) is 3.82. The van der Waals surface area contributed by atoms with Gasteiger partial charge in [0.05, 0.1) is 13.3 Å². The van der Waals surface area contributed by atoms with Crippen molar-refractivity contribution in [3.8, 4) is 17.1 Å². The summed E-state index contributed by atoms with van der Waals surface area (Å²) in [5, 5.41) is 0. The normalized spacial score (nSPS) is 10.8. The standard InChI is InChI=1S/C14H11BrN2O/c1-18-13-3-2-8-17-12(13)9-16-14(17)10-4-6-11(15)7-5-10/h2-9H,1H3. The van der Waals surface area contributed by atoms with Crippen LogP contribution in [0, 0.1) is 0 Å². The van der Waals surface area contributed by atoms with Crippen molar-refractivity contribution < 1.29 is 4.74 Å². The lowest BCUT2D eigenvalue weighted by atomic mass is 10.2. The summed E-state index contributed by atoms with van der Waals surface area (Å²) >= 11 is 3.43. The van der Waals surface area contributed by atoms with Crippen molar-refractivity contribution in [1.29, 1.82) is 0 Å². The van der Waals surface area contributed by atoms with E-state index in [0.717, 1.165) is 27.1 Å². The topological polar surface area (TPSA) is 26.5 Å². The predicted molar refractivity (Wildman–Crippen MR) is 74.9 cm³/mol. The monoisotopic (exact) mass is 302 g/mol. The number of hydrogen-bond acceptors (Lipinski definition) is 2. The third-order valence-electron chi connectivity index (χ3n) is 2.85. The first-order valence-electron chi connectivity index (χ1n) is 5.55. The molecule has 0 amide bonds. The molecule has 2 heterocycles. The molecule has 3 nitrogen and oxygen atoms in total. The third kappa shape index (κ3) is 1.78. The molecule has 2 aromatic heterocycles. The number of fused-ring (bicyclic) bond motifs is 1. The van der Waals surface area contributed by atoms with E-state index >= 15 is 0 Å². The molecule has 0 saturated carbocycles. The average Bonchev–Trinajstić information content (AvgIpc) is 2.83. The first-order chi connectivity index (χ1) is 8.79. The molecule has 0 atom stereocenters. The van der Waals surface area contributed by atoms with Crippen LogP contribution in [0.5, 0.6) is 5.75 Å². The van der Waals surface area contributed by atoms with Crippen molar-refractivity contribution in [3.05, 3.63) is 53.3 Å². The fourth-order valence-electron chi connectivity index (χ4n) is 1.98. The SMILES string of the molecule is COc1cccn2c(-c3ccc(Br)cc3)ncc12. The summed E-state index contributed by atoms with van der Waals surface area (Å²) in [6.45, 7) is 0. The van der Waals surface area contributed by atoms with Gasteiger partial charge in [0.2, 0.25) is 0 Å². The highest BCUT2D eigenvalue weighted by molar-refractivity contribution is 9.10. The first-order valence-corrected chi connectivity index (χ1v) is 6.35. The molecule has 1 aromatic carbocycles. The number of hydrogen-bond donors (Lipinski definition) is 0. The Balaban J connectivity index is 2.21. The molecule has 0 bridgehead atoms. The van der Waals surface area contributed by atoms with Crippen molar-refractivity contribution in [3.63, 3.8) is 0 Å². The Bertz CT molecular complexity index is 689. The number of halogens is 1. The van der Waals surface area contributed by atoms with Gasteiger partial charge in [-0.25, -0.2) is 4.98 Å². The minimum atomic E-state index is 0.827. The van der Waals surface area contributed by atoms with E-state index in [0.29, 0.717) is 0 Å². The number of nitrogens with zero attached hydrogens (tertiary/aromatic N) is 2. The van der Waals surface area contributed by atoms with Gasteiger partial charge in [0.25, 0.3) is 0 Å². The minimum absolute atomic E-state index is 0.827. The van der Waals surface area contributed by atoms with Crippen LogP contribution in [-0.2, 0) is 0 Å². The molecule has 0 N–H and O–H groups in total. The lowest BCUT2D eigenvalue weighted by Gasteiger charge is -2.04. The molecule has 0 saturated heterocycles. The number of aromatic nitrogens is 2. The van der Waals surface area contributed by atoms with Gasteiger partial charge in [-0.3, -0.25) is 4.40 Å². The van der Waals surface area contributed by atoms with Crippen molar-refractivity contribution in [2.24, 2.45) is 0 Å². The average molecular weight is 303 g/mol. The van der Waals surface area contributed by atoms with E-state index in [2.05, 4.69) is 20.9 Å². The molecule has 4 heteroatoms. The number of ether oxygens (including phenoxy) is 1. The highest BCUT2D eigenvalue weighted by Crippen LogP contribution is 2.26. The number of benzene rings is 1. The van der Waals surface area contributed by atoms with Crippen molar-refractivity contribution in [2.75, 3.05) is 7.11 Å². The molecule has 0 radical (unpaired) electrons. The highest BCUT2D eigenvalue weighted by Gasteiger charge is 2.08. The molecule has 3 rings (SSSR count). The van der Waals surface area contributed by atoms with Crippen LogP contribution in [0.15, 0.2) is 53.3 Å². The maximum absolute atomic E-state index is 5.33. The number of methoxy groups -OCH3 is 1. The summed E-state index contributed by atoms with van der Waals surface area (Å²) < 4.78 is 8.42. The molecule has 0 aliphatic heterocycles. The van der Waals surface area contributed by atoms with E-state index in [1.165, 1.54) is 0 Å². The van der Waals surface area contributed by atoms with Gasteiger partial charge < -0.3 is 4.74 Å². The van der Waals surface area contributed by atoms with E-state index in [-0.39, 0.29) is 0 Å². The smallest absolute Gasteiger partial charge is 0.144 e. The Hall–Kier alpha value is -1.81. The second-order valence-corrected chi connectivity index (χ2v) is 4.84. The van der Waals surface area contributed by atoms with Crippen LogP contribution in [0.3, 0.4) is 0 Å². The van der Waals surface area contributed by atoms with Crippen LogP contribution in [-0.4, -0.2) is 16.5 Å². The Morgan fingerprint density at radius 3 is 2.67 bits per heavy atom. The van der Waals surface area contributed by atoms with Crippen LogP contribution in [0.4, 0.5) is 0 Å². The van der Waals surface area contributed by atoms with E-state index in [4.69, 9.17) is 4.74 Å². The summed E-state index contributed by atoms with van der Waals surface area (Å²) in [5.74, 6) is 1.74. The maximum Gasteiger partial charge on any atom is 0.144 e. The Kier molecular flexibility index (Phi) is 2.80. The molecule has 3 aromatic rings. The van der Waals surface area contributed by atoms with E-state index in [1.54, 1.807) is 7.11 Å². The Morgan fingerprint density at radius 2 is 1.94 bits per heavy atom. The van der Waals surface area contributed by atoms with Crippen molar-refractivity contribution in [2.45, 2.75) is 0 Å². The van der Waals surface area contributed by atoms with Crippen molar-refractivity contribution >= 4 is 21.4 Å². The largest absolute Gasteiger partial charge is 0.494 e. The van der Waals surface area contributed by atoms with Crippen LogP contribution in [0.1, 0.15) is 0 Å². The second-order valence-electron chi connectivity index (χ2n) is 3.92. The van der Waals surface area contributed by atoms with Gasteiger partial charge in [0.15, 0.2) is 0 Å². The zero-order chi connectivity index (χ0) is 12.5. The van der Waals surface area contributed by atoms with E-state index in [1.807, 2.05) is 53.2 Å². The molecule has 0 aliphatic carbocycles. The molecular formula is C14H11BrN2O. The molecule has 0 unspecified atom stereocenters. The summed E-state index contributed by atoms with van der Waals surface area (Å²) in [7, 11) is 1.67. The highest BCUT2D eigenvalue weighted by atomic mass is 79.9. The molecule has 18 heavy (non-hydrogen) atoms. The van der Waals surface area contributed by atoms with Gasteiger partial charge in [-0.15, -0.1) is 0 Å². The fourth-order valence-corrected chi connectivity index (χ4v) is 2.25. The first kappa shape index (κ1) is 11.3. The molecular weight excluding hydrogens is 292 g/mol. The molecule has 90 valence electrons. The second kappa shape index (κ2) is 4.46. The van der Waals surface area contributed by atoms with Gasteiger partial charge in [-0.2, -0.15) is 0 Å². The lowest BCUT2D eigenvalue weighted by Crippen LogP contribution is -1.91. The van der Waals surface area contributed by atoms with Crippen LogP contribution in [0.2, 0.25) is 0 Å². The number of imidazole rings is 1. The van der Waals surface area contributed by atoms with Crippen LogP contribution in [0.25, 0.3) is 16.9 Å². The summed E-state index contributed by atoms with van der Waals surface area (Å²) in [6, 6.07) is 12.0. The van der Waals surface area contributed by atoms with Gasteiger partial charge in [0.1, 0.15) is 17.1 Å². The van der Waals surface area contributed by atoms with Crippen molar-refractivity contribution in [1.82, 2.24) is 9.38 Å². The zero-order valence-corrected chi connectivity index (χ0v) is 11.4. The number of rotatable bonds is 2. The Morgan fingerprint density at radius 1 is 1.17 bits per heavy atom. The van der Waals surface area contributed by atoms with Gasteiger partial charge in [-0.1, -0.05) is 28.1 Å². The minimum Gasteiger partial charge on any atom is -0.494 e. The van der Waals surface area contributed by atoms with Gasteiger partial charge in [-0.05, 0) is 24.3 Å². The van der Waals surface area contributed by atoms with Crippen LogP contribution < -0.4 is 4.74 Å². The predicted octanol–water partition coefficient (Wildman–Crippen LogP) is 3.77. The van der Waals surface area contributed by atoms with Gasteiger partial charge in [0, 0.05) is 16.2 Å². The quantitative estimate of drug-likeness (QED) is 0.720. The van der Waals surface area contributed by atoms with E-state index in [9.17, 15) is 0 Å². The third-order valence-corrected chi connectivity index (χ3v) is 3.38. The van der Waals surface area contributed by atoms with E-state index < -0.39 is 0 Å². The maximum atomic E-state index is 5.33. The van der Waals surface area contributed by atoms with Gasteiger partial charge >= 0.3 is 0 Å². The Labute approximate surface area is 113 Å². The zero-order valence-electron chi connectivity index (χ0n) is 9.80. The molecule has 0 aliphatic rings. The summed E-state index contributed by atoms with van der Waals surface area (Å²) in [4.78, 5) is 4.47. The molecule has 0 fully saturated rings.